The molecule has 55 heavy (non-hydrogen) atoms. The topological polar surface area (TPSA) is 12.4 Å². The van der Waals surface area contributed by atoms with Crippen LogP contribution in [0.2, 0.25) is 0 Å². The first-order valence-corrected chi connectivity index (χ1v) is 19.4. The molecule has 0 aliphatic heterocycles. The minimum Gasteiger partial charge on any atom is -0.248 e. The van der Waals surface area contributed by atoms with E-state index in [0.29, 0.717) is 0 Å². The summed E-state index contributed by atoms with van der Waals surface area (Å²) in [6.45, 7) is 9.13. The van der Waals surface area contributed by atoms with E-state index < -0.39 is 0 Å². The lowest BCUT2D eigenvalue weighted by Crippen LogP contribution is -2.16. The third-order valence-corrected chi connectivity index (χ3v) is 11.9. The van der Waals surface area contributed by atoms with Crippen molar-refractivity contribution < 1.29 is 0 Å². The smallest absolute Gasteiger partial charge is 0.0727 e. The summed E-state index contributed by atoms with van der Waals surface area (Å²) >= 11 is 0. The second-order valence-corrected chi connectivity index (χ2v) is 15.5. The molecule has 0 N–H and O–H groups in total. The number of aliphatic imine (C=N–C) groups is 1. The van der Waals surface area contributed by atoms with Crippen molar-refractivity contribution in [3.63, 3.8) is 0 Å². The molecule has 0 saturated heterocycles. The van der Waals surface area contributed by atoms with Gasteiger partial charge in [0.1, 0.15) is 0 Å². The first-order valence-electron chi connectivity index (χ1n) is 19.4. The zero-order valence-corrected chi connectivity index (χ0v) is 31.3. The Labute approximate surface area is 323 Å². The molecule has 0 spiro atoms. The first-order chi connectivity index (χ1) is 27.0. The summed E-state index contributed by atoms with van der Waals surface area (Å²) in [4.78, 5) is 5.44. The van der Waals surface area contributed by atoms with Crippen molar-refractivity contribution in [2.75, 3.05) is 0 Å². The highest BCUT2D eigenvalue weighted by Gasteiger charge is 2.37. The van der Waals surface area contributed by atoms with Gasteiger partial charge in [-0.2, -0.15) is 0 Å². The molecule has 10 rings (SSSR count). The molecule has 3 aliphatic carbocycles. The van der Waals surface area contributed by atoms with Gasteiger partial charge in [-0.15, -0.1) is 0 Å². The third kappa shape index (κ3) is 5.50. The maximum absolute atomic E-state index is 5.44. The lowest BCUT2D eigenvalue weighted by atomic mass is 9.79. The van der Waals surface area contributed by atoms with Crippen LogP contribution in [0, 0.1) is 0 Å². The largest absolute Gasteiger partial charge is 0.248 e. The van der Waals surface area contributed by atoms with Crippen LogP contribution in [-0.2, 0) is 5.41 Å². The summed E-state index contributed by atoms with van der Waals surface area (Å²) in [5.74, 6) is 0. The number of nitrogens with zero attached hydrogens (tertiary/aromatic N) is 1. The molecule has 7 aromatic rings. The van der Waals surface area contributed by atoms with Gasteiger partial charge in [-0.05, 0) is 125 Å². The monoisotopic (exact) mass is 703 g/mol. The van der Waals surface area contributed by atoms with Gasteiger partial charge < -0.3 is 0 Å². The van der Waals surface area contributed by atoms with Crippen molar-refractivity contribution in [2.24, 2.45) is 4.99 Å². The van der Waals surface area contributed by atoms with Crippen molar-refractivity contribution in [1.82, 2.24) is 0 Å². The normalized spacial score (nSPS) is 16.8. The van der Waals surface area contributed by atoms with Crippen molar-refractivity contribution in [1.29, 1.82) is 0 Å². The Hall–Kier alpha value is -6.57. The molecule has 0 saturated carbocycles. The van der Waals surface area contributed by atoms with Crippen LogP contribution in [-0.4, -0.2) is 5.71 Å². The zero-order valence-electron chi connectivity index (χ0n) is 31.3. The van der Waals surface area contributed by atoms with E-state index in [1.165, 1.54) is 76.8 Å². The molecule has 0 bridgehead atoms. The maximum atomic E-state index is 5.44. The predicted octanol–water partition coefficient (Wildman–Crippen LogP) is 14.5. The van der Waals surface area contributed by atoms with E-state index in [9.17, 15) is 0 Å². The van der Waals surface area contributed by atoms with Gasteiger partial charge in [-0.25, -0.2) is 4.99 Å². The second kappa shape index (κ2) is 13.1. The molecule has 0 radical (unpaired) electrons. The Kier molecular flexibility index (Phi) is 7.85. The third-order valence-electron chi connectivity index (χ3n) is 11.9. The summed E-state index contributed by atoms with van der Waals surface area (Å²) in [5.41, 5.74) is 15.6. The maximum Gasteiger partial charge on any atom is 0.0727 e. The molecule has 1 heteroatoms. The SMILES string of the molecule is C=C1C=CC=C/C1=N/C(=C/c1ccccc1)c1c2ccccc2c(-c2ccc3c(c2)C2=C(C=CCC2)C3(C)C)c2cc(-c3cccc4ccccc34)ccc12. The Morgan fingerprint density at radius 3 is 2.22 bits per heavy atom. The fourth-order valence-electron chi connectivity index (χ4n) is 9.20. The number of allylic oxidation sites excluding steroid dienone is 9. The number of fused-ring (bicyclic) bond motifs is 5. The zero-order chi connectivity index (χ0) is 37.1. The standard InChI is InChI=1S/C54H41N/c1-35-16-7-14-27-50(35)55-51(32-36-17-5-4-6-18-36)53-44-24-11-10-23-43(44)52(39-29-31-49-46(34-39)42-22-12-13-26-48(42)54(49,2)3)47-33-38(28-30-45(47)53)41-25-15-20-37-19-8-9-21-40(37)41/h4-11,13-21,23-34H,1,12,22H2,2-3H3/b51-32+,55-50-. The van der Waals surface area contributed by atoms with Crippen molar-refractivity contribution in [3.05, 3.63) is 210 Å². The molecular weight excluding hydrogens is 663 g/mol. The molecule has 3 aliphatic rings. The molecule has 0 unspecified atom stereocenters. The molecule has 7 aromatic carbocycles. The van der Waals surface area contributed by atoms with Crippen LogP contribution < -0.4 is 0 Å². The highest BCUT2D eigenvalue weighted by Crippen LogP contribution is 2.52. The van der Waals surface area contributed by atoms with E-state index in [0.717, 1.165) is 41.0 Å². The molecule has 1 nitrogen and oxygen atoms in total. The molecule has 0 aromatic heterocycles. The Morgan fingerprint density at radius 1 is 0.636 bits per heavy atom. The minimum absolute atomic E-state index is 0.0152. The quantitative estimate of drug-likeness (QED) is 0.125. The van der Waals surface area contributed by atoms with Crippen molar-refractivity contribution >= 4 is 55.4 Å². The van der Waals surface area contributed by atoms with Crippen LogP contribution in [0.3, 0.4) is 0 Å². The van der Waals surface area contributed by atoms with E-state index >= 15 is 0 Å². The van der Waals surface area contributed by atoms with E-state index in [2.05, 4.69) is 178 Å². The molecule has 0 amide bonds. The van der Waals surface area contributed by atoms with Crippen LogP contribution in [0.5, 0.6) is 0 Å². The van der Waals surface area contributed by atoms with Gasteiger partial charge in [0.25, 0.3) is 0 Å². The molecule has 262 valence electrons. The highest BCUT2D eigenvalue weighted by atomic mass is 14.8. The molecular formula is C54H41N. The summed E-state index contributed by atoms with van der Waals surface area (Å²) in [5, 5.41) is 7.27. The highest BCUT2D eigenvalue weighted by molar-refractivity contribution is 6.22. The Morgan fingerprint density at radius 2 is 1.36 bits per heavy atom. The fraction of sp³-hybridized carbons (Fsp3) is 0.0926. The average Bonchev–Trinajstić information content (AvgIpc) is 3.45. The van der Waals surface area contributed by atoms with E-state index in [1.54, 1.807) is 0 Å². The van der Waals surface area contributed by atoms with Gasteiger partial charge >= 0.3 is 0 Å². The van der Waals surface area contributed by atoms with Gasteiger partial charge in [-0.3, -0.25) is 0 Å². The Balaban J connectivity index is 1.31. The van der Waals surface area contributed by atoms with Crippen molar-refractivity contribution in [3.8, 4) is 22.3 Å². The average molecular weight is 704 g/mol. The number of rotatable bonds is 5. The van der Waals surface area contributed by atoms with E-state index in [1.807, 2.05) is 18.2 Å². The van der Waals surface area contributed by atoms with E-state index in [4.69, 9.17) is 4.99 Å². The second-order valence-electron chi connectivity index (χ2n) is 15.5. The molecule has 0 fully saturated rings. The van der Waals surface area contributed by atoms with Crippen molar-refractivity contribution in [2.45, 2.75) is 32.1 Å². The predicted molar refractivity (Wildman–Crippen MR) is 237 cm³/mol. The van der Waals surface area contributed by atoms with Gasteiger partial charge in [-0.1, -0.05) is 172 Å². The van der Waals surface area contributed by atoms with Crippen LogP contribution >= 0.6 is 0 Å². The number of benzene rings is 7. The first kappa shape index (κ1) is 33.0. The van der Waals surface area contributed by atoms with Crippen LogP contribution in [0.4, 0.5) is 0 Å². The summed E-state index contributed by atoms with van der Waals surface area (Å²) < 4.78 is 0. The van der Waals surface area contributed by atoms with Crippen LogP contribution in [0.1, 0.15) is 48.9 Å². The lowest BCUT2D eigenvalue weighted by Gasteiger charge is -2.24. The summed E-state index contributed by atoms with van der Waals surface area (Å²) in [6, 6.07) is 49.2. The van der Waals surface area contributed by atoms with Gasteiger partial charge in [0.2, 0.25) is 0 Å². The van der Waals surface area contributed by atoms with E-state index in [-0.39, 0.29) is 5.41 Å². The lowest BCUT2D eigenvalue weighted by molar-refractivity contribution is 0.651. The fourth-order valence-corrected chi connectivity index (χ4v) is 9.20. The van der Waals surface area contributed by atoms with Crippen LogP contribution in [0.25, 0.3) is 71.9 Å². The van der Waals surface area contributed by atoms with Gasteiger partial charge in [0, 0.05) is 11.0 Å². The molecule has 0 heterocycles. The number of hydrogen-bond acceptors (Lipinski definition) is 1. The summed E-state index contributed by atoms with van der Waals surface area (Å²) in [7, 11) is 0. The summed E-state index contributed by atoms with van der Waals surface area (Å²) in [6.07, 6.45) is 17.3. The molecule has 0 atom stereocenters. The Bertz CT molecular complexity index is 2930. The minimum atomic E-state index is -0.0152. The number of hydrogen-bond donors (Lipinski definition) is 0. The van der Waals surface area contributed by atoms with Crippen LogP contribution in [0.15, 0.2) is 193 Å². The van der Waals surface area contributed by atoms with Gasteiger partial charge in [0.15, 0.2) is 0 Å². The van der Waals surface area contributed by atoms with Gasteiger partial charge in [0.05, 0.1) is 11.4 Å².